The van der Waals surface area contributed by atoms with Crippen LogP contribution < -0.4 is 60.8 Å². The topological polar surface area (TPSA) is 296 Å². The van der Waals surface area contributed by atoms with E-state index in [1.807, 2.05) is 0 Å². The molecule has 8 heterocycles. The molecule has 24 nitrogen and oxygen atoms in total. The van der Waals surface area contributed by atoms with Crippen LogP contribution in [-0.2, 0) is 63.6 Å². The number of esters is 4. The minimum absolute atomic E-state index is 0.0578. The van der Waals surface area contributed by atoms with Crippen molar-refractivity contribution in [2.45, 2.75) is 259 Å². The second-order valence-electron chi connectivity index (χ2n) is 27.6. The lowest BCUT2D eigenvalue weighted by Gasteiger charge is -2.47. The lowest BCUT2D eigenvalue weighted by atomic mass is 9.79. The molecule has 672 valence electrons. The molecule has 12 rings (SSSR count). The van der Waals surface area contributed by atoms with E-state index in [1.165, 1.54) is 55.4 Å². The van der Waals surface area contributed by atoms with E-state index in [4.69, 9.17) is 165 Å². The Balaban J connectivity index is 0.000000297. The number of methoxy groups -OCH3 is 8. The van der Waals surface area contributed by atoms with Crippen molar-refractivity contribution in [2.24, 2.45) is 93.8 Å². The third-order valence-electron chi connectivity index (χ3n) is 17.0. The second-order valence-corrected chi connectivity index (χ2v) is 27.6. The van der Waals surface area contributed by atoms with Crippen molar-refractivity contribution < 1.29 is 194 Å². The van der Waals surface area contributed by atoms with Gasteiger partial charge in [-0.25, -0.2) is 0 Å². The summed E-state index contributed by atoms with van der Waals surface area (Å²) in [5.74, 6) is -51.7. The summed E-state index contributed by atoms with van der Waals surface area (Å²) < 4.78 is 793. The van der Waals surface area contributed by atoms with E-state index in [-0.39, 0.29) is 19.6 Å². The number of hydrogen-bond acceptors (Lipinski definition) is 24. The molecule has 0 radical (unpaired) electrons. The van der Waals surface area contributed by atoms with Crippen LogP contribution in [0, 0.1) is 70.8 Å². The maximum atomic E-state index is 13.8. The third kappa shape index (κ3) is 23.8. The average Bonchev–Trinajstić information content (AvgIpc) is 0.640. The van der Waals surface area contributed by atoms with Crippen LogP contribution in [0.1, 0.15) is 348 Å². The van der Waals surface area contributed by atoms with Gasteiger partial charge in [0.2, 0.25) is 0 Å². The molecule has 24 heteroatoms. The fourth-order valence-electron chi connectivity index (χ4n) is 11.5. The van der Waals surface area contributed by atoms with Gasteiger partial charge in [-0.15, -0.1) is 0 Å². The van der Waals surface area contributed by atoms with E-state index in [0.717, 1.165) is 42.7 Å². The highest BCUT2D eigenvalue weighted by molar-refractivity contribution is 5.77. The van der Waals surface area contributed by atoms with E-state index in [0.29, 0.717) is 0 Å². The van der Waals surface area contributed by atoms with Crippen LogP contribution in [0.2, 0.25) is 0 Å². The van der Waals surface area contributed by atoms with Crippen molar-refractivity contribution in [1.29, 1.82) is 0 Å². The molecule has 0 spiro atoms. The molecule has 0 aliphatic carbocycles. The minimum atomic E-state index is -4.28. The van der Waals surface area contributed by atoms with E-state index in [2.05, 4.69) is 0 Å². The molecule has 4 aromatic rings. The van der Waals surface area contributed by atoms with Gasteiger partial charge >= 0.3 is 23.9 Å². The summed E-state index contributed by atoms with van der Waals surface area (Å²) in [7, 11) is -1.13. The Bertz CT molecular complexity index is 7910. The molecule has 0 amide bonds. The first-order valence-electron chi connectivity index (χ1n) is 78.9. The van der Waals surface area contributed by atoms with E-state index in [9.17, 15) is 52.1 Å². The number of carbonyl (C=O) groups is 4. The Morgan fingerprint density at radius 1 is 0.375 bits per heavy atom. The molecule has 4 saturated heterocycles. The van der Waals surface area contributed by atoms with Gasteiger partial charge in [-0.3, -0.25) is 38.8 Å². The zero-order chi connectivity index (χ0) is 163. The number of carbonyl (C=O) groups excluding carboxylic acids is 4. The number of hydrogen-bond donors (Lipinski definition) is 4. The summed E-state index contributed by atoms with van der Waals surface area (Å²) in [6.45, 7) is -52.4. The van der Waals surface area contributed by atoms with Crippen LogP contribution in [0.25, 0.3) is 0 Å². The molecule has 0 aromatic heterocycles. The molecule has 4 aromatic carbocycles. The van der Waals surface area contributed by atoms with Crippen LogP contribution in [-0.4, -0.2) is 201 Å². The first-order valence-corrected chi connectivity index (χ1v) is 35.9. The van der Waals surface area contributed by atoms with Crippen molar-refractivity contribution >= 4 is 23.9 Å². The van der Waals surface area contributed by atoms with E-state index in [1.54, 1.807) is 0 Å². The first-order chi connectivity index (χ1) is 90.3. The summed E-state index contributed by atoms with van der Waals surface area (Å²) in [6.07, 6.45) is -49.7. The fourth-order valence-corrected chi connectivity index (χ4v) is 11.5. The van der Waals surface area contributed by atoms with Gasteiger partial charge in [-0.1, -0.05) is 110 Å². The van der Waals surface area contributed by atoms with Crippen molar-refractivity contribution in [3.05, 3.63) is 92.8 Å². The molecular weight excluding hydrogens is 1520 g/mol. The molecular formula is C96H152N8O16. The number of nitrogens with two attached hydrogens (primary N) is 4. The Kier molecular flexibility index (Phi) is 12.1. The number of benzene rings is 4. The molecule has 16 atom stereocenters. The molecule has 4 fully saturated rings. The molecule has 8 aliphatic heterocycles. The van der Waals surface area contributed by atoms with Gasteiger partial charge < -0.3 is 79.8 Å². The van der Waals surface area contributed by atoms with Gasteiger partial charge in [0.1, 0.15) is 48.4 Å². The fraction of sp³-hybridized carbons (Fsp3) is 0.708. The molecule has 8 N–H and O–H groups in total. The second kappa shape index (κ2) is 43.9. The van der Waals surface area contributed by atoms with Gasteiger partial charge in [0.05, 0.1) is 86.9 Å². The number of ether oxygens (including phenoxy) is 12. The summed E-state index contributed by atoms with van der Waals surface area (Å²) >= 11 is 0. The molecule has 0 bridgehead atoms. The van der Waals surface area contributed by atoms with Crippen molar-refractivity contribution in [1.82, 2.24) is 19.6 Å². The molecule has 120 heavy (non-hydrogen) atoms. The number of nitrogens with zero attached hydrogens (tertiary/aromatic N) is 4. The highest BCUT2D eigenvalue weighted by Crippen LogP contribution is 2.50. The Labute approximate surface area is 839 Å². The highest BCUT2D eigenvalue weighted by Gasteiger charge is 2.47. The van der Waals surface area contributed by atoms with Crippen LogP contribution in [0.15, 0.2) is 48.3 Å². The predicted molar refractivity (Wildman–Crippen MR) is 471 cm³/mol. The monoisotopic (exact) mass is 1760 g/mol. The molecule has 12 unspecified atom stereocenters. The smallest absolute Gasteiger partial charge is 0.323 e. The Morgan fingerprint density at radius 3 is 0.908 bits per heavy atom. The summed E-state index contributed by atoms with van der Waals surface area (Å²) in [5.41, 5.74) is 13.4. The van der Waals surface area contributed by atoms with Crippen LogP contribution >= 0.6 is 0 Å². The van der Waals surface area contributed by atoms with Crippen LogP contribution in [0.4, 0.5) is 0 Å². The number of piperidine rings is 4. The SMILES string of the molecule is [2H]c1c(OC)c(OC([2H])([2H])[2H])c([2H])c2c1C1N(C([2H])([2H])C2([2H])[2H])C([2H])([2H])C([2H])(CC(C)C)C([2H])(OC(=O)[C@@]([2H])(N)C([2H])(C([2H])([2H])[2H])C([2H])([2H])[2H])C1([2H])[2H].[2H]c1c(OC)c(OC([2H])([2H])[2H])c([2H])c2c1C1N(C([2H])([2H])C2([2H])[2H])C([2H])([2H])C([2H])(CC(C)C)C([2H])(OC(=O)[C@@]([2H])(N)C([2H])(C([2H])([2H])[2H])C([2H])([2H])[2H])C1([2H])[2H].[2H]c1c(OC)c(OC)c([2H])c2c1C([2H])([2H])C([2H])([2H])N1C([2H])([2H])C([2H])(CC(C)C)C(OC(=O)[C@@]([2H])(N)C([2H])(C([2H])([2H])[2H])C([2H])([2H])[2H])C([2H])([2H])C21[2H].[2H]c1c(OC)c(OC)c([2H])c2c1C1N(C([2H])([2H])C2([2H])[2H])C([2H])([2H])C([2H])(CC(C)C)C([2H])(OC(=O)[C@@]([2H])(N)C([2H])(C([2H])([2H])[2H])C([2H])([2H])[2H])C1([2H])[2H]. The predicted octanol–water partition coefficient (Wildman–Crippen LogP) is 14.3. The lowest BCUT2D eigenvalue weighted by Crippen LogP contribution is -2.51. The number of rotatable bonds is 28. The maximum absolute atomic E-state index is 13.8. The Morgan fingerprint density at radius 2 is 0.625 bits per heavy atom. The summed E-state index contributed by atoms with van der Waals surface area (Å²) in [5, 5.41) is 0. The van der Waals surface area contributed by atoms with Crippen molar-refractivity contribution in [2.75, 3.05) is 109 Å². The standard InChI is InChI=1S/4C24H38N2O4/c4*1-14(2)9-17-13-26-8-7-16-10-21(28-5)22(29-6)11-18(16)19(26)12-20(17)30-24(27)23(25)15(3)4/h4*10-11,14-15,17,19-20,23H,7-9,12-13,25H2,1-6H3/t4*17?,19?,20?,23-/m0000/s1/i2*3D3,4D3,5D3,7D2,8D2,10D,11D,12D2,13D2,15D,17D,20D,23D;3D3,4D3,7D2,8D2,10D,11D,12D2,13D2,15D,17D,20D,23D;3D3,4D3,7D2,8D2,10D,11D,12D2,13D2,15D,17D,19D,23D. The molecule has 0 saturated carbocycles. The van der Waals surface area contributed by atoms with Gasteiger partial charge in [-0.2, -0.15) is 0 Å². The average molecular weight is 1760 g/mol. The Hall–Kier alpha value is -7.16. The minimum Gasteiger partial charge on any atom is -0.493 e. The maximum Gasteiger partial charge on any atom is 0.323 e. The lowest BCUT2D eigenvalue weighted by molar-refractivity contribution is -0.161. The van der Waals surface area contributed by atoms with Crippen LogP contribution in [0.5, 0.6) is 46.0 Å². The van der Waals surface area contributed by atoms with Crippen LogP contribution in [0.3, 0.4) is 0 Å². The van der Waals surface area contributed by atoms with Crippen molar-refractivity contribution in [3.8, 4) is 46.0 Å². The highest BCUT2D eigenvalue weighted by atomic mass is 16.6. The number of fused-ring (bicyclic) bond motifs is 12. The zero-order valence-corrected chi connectivity index (χ0v) is 67.1. The van der Waals surface area contributed by atoms with E-state index < -0.39 is 504 Å². The summed E-state index contributed by atoms with van der Waals surface area (Å²) in [6, 6.07) is -38.2. The van der Waals surface area contributed by atoms with E-state index >= 15 is 0 Å². The van der Waals surface area contributed by atoms with Gasteiger partial charge in [0, 0.05) is 213 Å². The normalized spacial score (nSPS) is 49.5. The van der Waals surface area contributed by atoms with Gasteiger partial charge in [-0.05, 0) is 191 Å². The van der Waals surface area contributed by atoms with Crippen molar-refractivity contribution in [3.63, 3.8) is 0 Å². The van der Waals surface area contributed by atoms with Gasteiger partial charge in [0.15, 0.2) is 46.0 Å². The largest absolute Gasteiger partial charge is 0.493 e. The summed E-state index contributed by atoms with van der Waals surface area (Å²) in [4.78, 5) is 54.6. The first kappa shape index (κ1) is 33.0. The van der Waals surface area contributed by atoms with Gasteiger partial charge in [0.25, 0.3) is 0 Å². The zero-order valence-electron chi connectivity index (χ0n) is 153. The quantitative estimate of drug-likeness (QED) is 0.0303. The molecule has 8 aliphatic rings. The third-order valence-corrected chi connectivity index (χ3v) is 17.0.